The Hall–Kier alpha value is -4.13. The molecule has 2 heterocycles. The number of hydrazine groups is 1. The summed E-state index contributed by atoms with van der Waals surface area (Å²) in [6.07, 6.45) is 1.61. The highest BCUT2D eigenvalue weighted by Crippen LogP contribution is 2.25. The average molecular weight is 401 g/mol. The van der Waals surface area contributed by atoms with E-state index in [9.17, 15) is 9.59 Å². The van der Waals surface area contributed by atoms with Crippen LogP contribution < -0.4 is 15.6 Å². The number of benzene rings is 2. The van der Waals surface area contributed by atoms with Crippen LogP contribution in [-0.2, 0) is 11.2 Å². The van der Waals surface area contributed by atoms with Crippen LogP contribution in [0.5, 0.6) is 5.75 Å². The smallest absolute Gasteiger partial charge is 0.270 e. The second-order valence-electron chi connectivity index (χ2n) is 6.54. The maximum atomic E-state index is 12.9. The Bertz CT molecular complexity index is 1200. The van der Waals surface area contributed by atoms with Crippen molar-refractivity contribution in [2.24, 2.45) is 0 Å². The van der Waals surface area contributed by atoms with Gasteiger partial charge in [0.1, 0.15) is 11.4 Å². The first-order valence-corrected chi connectivity index (χ1v) is 9.30. The molecule has 2 aromatic carbocycles. The molecule has 0 spiro atoms. The number of amides is 2. The summed E-state index contributed by atoms with van der Waals surface area (Å²) in [6.45, 7) is 0. The van der Waals surface area contributed by atoms with Crippen molar-refractivity contribution in [1.82, 2.24) is 15.8 Å². The largest absolute Gasteiger partial charge is 0.496 e. The van der Waals surface area contributed by atoms with Gasteiger partial charge in [0, 0.05) is 10.9 Å². The Balaban J connectivity index is 1.54. The van der Waals surface area contributed by atoms with Crippen LogP contribution in [0.25, 0.3) is 22.4 Å². The molecule has 0 aliphatic heterocycles. The minimum atomic E-state index is -0.449. The lowest BCUT2D eigenvalue weighted by Gasteiger charge is -2.11. The number of carbonyl (C=O) groups excluding carboxylic acids is 2. The Morgan fingerprint density at radius 2 is 1.80 bits per heavy atom. The molecule has 4 rings (SSSR count). The molecule has 2 aromatic heterocycles. The SMILES string of the molecule is COc1ccccc1CC(=O)NNC(=O)c1cc(-c2ccco2)nc2ccccc12. The number of para-hydroxylation sites is 2. The molecular formula is C23H19N3O4. The summed E-state index contributed by atoms with van der Waals surface area (Å²) >= 11 is 0. The number of hydrogen-bond acceptors (Lipinski definition) is 5. The van der Waals surface area contributed by atoms with Crippen LogP contribution in [-0.4, -0.2) is 23.9 Å². The normalized spacial score (nSPS) is 10.6. The van der Waals surface area contributed by atoms with E-state index in [1.807, 2.05) is 30.3 Å². The fourth-order valence-electron chi connectivity index (χ4n) is 3.17. The van der Waals surface area contributed by atoms with Crippen LogP contribution in [0, 0.1) is 0 Å². The van der Waals surface area contributed by atoms with E-state index in [1.54, 1.807) is 49.8 Å². The first kappa shape index (κ1) is 19.2. The third kappa shape index (κ3) is 4.00. The molecule has 0 aliphatic rings. The second-order valence-corrected chi connectivity index (χ2v) is 6.54. The summed E-state index contributed by atoms with van der Waals surface area (Å²) in [5.41, 5.74) is 7.23. The number of nitrogens with one attached hydrogen (secondary N) is 2. The zero-order valence-electron chi connectivity index (χ0n) is 16.2. The summed E-state index contributed by atoms with van der Waals surface area (Å²) in [6, 6.07) is 19.7. The monoisotopic (exact) mass is 401 g/mol. The highest BCUT2D eigenvalue weighted by molar-refractivity contribution is 6.07. The molecule has 0 radical (unpaired) electrons. The predicted molar refractivity (Wildman–Crippen MR) is 112 cm³/mol. The summed E-state index contributed by atoms with van der Waals surface area (Å²) in [5, 5.41) is 0.671. The molecule has 150 valence electrons. The van der Waals surface area contributed by atoms with Crippen molar-refractivity contribution < 1.29 is 18.7 Å². The zero-order chi connectivity index (χ0) is 20.9. The van der Waals surface area contributed by atoms with Gasteiger partial charge in [-0.1, -0.05) is 36.4 Å². The molecule has 0 unspecified atom stereocenters. The Morgan fingerprint density at radius 3 is 2.60 bits per heavy atom. The number of nitrogens with zero attached hydrogens (tertiary/aromatic N) is 1. The molecule has 7 heteroatoms. The standard InChI is InChI=1S/C23H19N3O4/c1-29-20-10-5-2-7-15(20)13-22(27)25-26-23(28)17-14-19(21-11-6-12-30-21)24-18-9-4-3-8-16(17)18/h2-12,14H,13H2,1H3,(H,25,27)(H,26,28). The predicted octanol–water partition coefficient (Wildman–Crippen LogP) is 3.51. The van der Waals surface area contributed by atoms with Gasteiger partial charge in [0.05, 0.1) is 30.9 Å². The lowest BCUT2D eigenvalue weighted by Crippen LogP contribution is -2.42. The quantitative estimate of drug-likeness (QED) is 0.499. The van der Waals surface area contributed by atoms with Crippen LogP contribution >= 0.6 is 0 Å². The van der Waals surface area contributed by atoms with Gasteiger partial charge in [0.25, 0.3) is 5.91 Å². The van der Waals surface area contributed by atoms with Crippen molar-refractivity contribution in [2.75, 3.05) is 7.11 Å². The maximum Gasteiger partial charge on any atom is 0.270 e. The van der Waals surface area contributed by atoms with Gasteiger partial charge in [-0.3, -0.25) is 20.4 Å². The van der Waals surface area contributed by atoms with Crippen molar-refractivity contribution in [2.45, 2.75) is 6.42 Å². The van der Waals surface area contributed by atoms with Gasteiger partial charge < -0.3 is 9.15 Å². The number of ether oxygens (including phenoxy) is 1. The number of hydrogen-bond donors (Lipinski definition) is 2. The van der Waals surface area contributed by atoms with E-state index in [4.69, 9.17) is 9.15 Å². The Morgan fingerprint density at radius 1 is 1.00 bits per heavy atom. The summed E-state index contributed by atoms with van der Waals surface area (Å²) in [5.74, 6) is 0.351. The average Bonchev–Trinajstić information content (AvgIpc) is 3.32. The van der Waals surface area contributed by atoms with Gasteiger partial charge in [-0.05, 0) is 30.3 Å². The van der Waals surface area contributed by atoms with E-state index in [0.717, 1.165) is 5.56 Å². The van der Waals surface area contributed by atoms with Crippen molar-refractivity contribution in [3.63, 3.8) is 0 Å². The van der Waals surface area contributed by atoms with E-state index in [0.29, 0.717) is 33.7 Å². The van der Waals surface area contributed by atoms with Gasteiger partial charge in [-0.25, -0.2) is 4.98 Å². The number of pyridine rings is 1. The van der Waals surface area contributed by atoms with Gasteiger partial charge in [-0.2, -0.15) is 0 Å². The van der Waals surface area contributed by atoms with Gasteiger partial charge in [-0.15, -0.1) is 0 Å². The number of carbonyl (C=O) groups is 2. The van der Waals surface area contributed by atoms with Crippen LogP contribution in [0.3, 0.4) is 0 Å². The molecule has 0 saturated heterocycles. The Kier molecular flexibility index (Phi) is 5.43. The number of fused-ring (bicyclic) bond motifs is 1. The number of methoxy groups -OCH3 is 1. The lowest BCUT2D eigenvalue weighted by molar-refractivity contribution is -0.121. The molecule has 0 bridgehead atoms. The van der Waals surface area contributed by atoms with Crippen molar-refractivity contribution in [3.05, 3.63) is 84.1 Å². The summed E-state index contributed by atoms with van der Waals surface area (Å²) < 4.78 is 10.7. The van der Waals surface area contributed by atoms with Gasteiger partial charge >= 0.3 is 0 Å². The fraction of sp³-hybridized carbons (Fsp3) is 0.0870. The molecule has 0 aliphatic carbocycles. The van der Waals surface area contributed by atoms with E-state index in [-0.39, 0.29) is 12.3 Å². The first-order chi connectivity index (χ1) is 14.7. The molecule has 0 fully saturated rings. The number of furan rings is 1. The third-order valence-corrected chi connectivity index (χ3v) is 4.59. The fourth-order valence-corrected chi connectivity index (χ4v) is 3.17. The molecule has 0 saturated carbocycles. The van der Waals surface area contributed by atoms with Crippen molar-refractivity contribution >= 4 is 22.7 Å². The number of aromatic nitrogens is 1. The second kappa shape index (κ2) is 8.48. The van der Waals surface area contributed by atoms with E-state index in [1.165, 1.54) is 0 Å². The third-order valence-electron chi connectivity index (χ3n) is 4.59. The molecule has 7 nitrogen and oxygen atoms in total. The molecule has 4 aromatic rings. The lowest BCUT2D eigenvalue weighted by atomic mass is 10.1. The van der Waals surface area contributed by atoms with E-state index < -0.39 is 5.91 Å². The molecule has 2 amide bonds. The topological polar surface area (TPSA) is 93.5 Å². The van der Waals surface area contributed by atoms with Crippen molar-refractivity contribution in [3.8, 4) is 17.2 Å². The van der Waals surface area contributed by atoms with Gasteiger partial charge in [0.15, 0.2) is 5.76 Å². The van der Waals surface area contributed by atoms with Crippen LogP contribution in [0.2, 0.25) is 0 Å². The maximum absolute atomic E-state index is 12.9. The van der Waals surface area contributed by atoms with Gasteiger partial charge in [0.2, 0.25) is 5.91 Å². The van der Waals surface area contributed by atoms with Crippen LogP contribution in [0.1, 0.15) is 15.9 Å². The summed E-state index contributed by atoms with van der Waals surface area (Å²) in [4.78, 5) is 29.7. The molecular weight excluding hydrogens is 382 g/mol. The van der Waals surface area contributed by atoms with Crippen molar-refractivity contribution in [1.29, 1.82) is 0 Å². The van der Waals surface area contributed by atoms with Crippen LogP contribution in [0.15, 0.2) is 77.4 Å². The molecule has 30 heavy (non-hydrogen) atoms. The number of rotatable bonds is 5. The van der Waals surface area contributed by atoms with E-state index >= 15 is 0 Å². The van der Waals surface area contributed by atoms with E-state index in [2.05, 4.69) is 15.8 Å². The molecule has 0 atom stereocenters. The Labute approximate surface area is 172 Å². The highest BCUT2D eigenvalue weighted by atomic mass is 16.5. The zero-order valence-corrected chi connectivity index (χ0v) is 16.2. The first-order valence-electron chi connectivity index (χ1n) is 9.30. The minimum Gasteiger partial charge on any atom is -0.496 e. The highest BCUT2D eigenvalue weighted by Gasteiger charge is 2.16. The van der Waals surface area contributed by atoms with Crippen LogP contribution in [0.4, 0.5) is 0 Å². The minimum absolute atomic E-state index is 0.0685. The summed E-state index contributed by atoms with van der Waals surface area (Å²) in [7, 11) is 1.55. The molecule has 2 N–H and O–H groups in total.